The van der Waals surface area contributed by atoms with Gasteiger partial charge in [0.05, 0.1) is 16.4 Å². The zero-order valence-electron chi connectivity index (χ0n) is 15.5. The number of benzene rings is 2. The Balaban J connectivity index is 2.31. The highest BCUT2D eigenvalue weighted by Crippen LogP contribution is 2.33. The molecule has 0 amide bonds. The van der Waals surface area contributed by atoms with E-state index >= 15 is 0 Å². The summed E-state index contributed by atoms with van der Waals surface area (Å²) in [5.74, 6) is 0. The molecule has 140 valence electrons. The van der Waals surface area contributed by atoms with E-state index in [4.69, 9.17) is 0 Å². The number of aryl methyl sites for hydroxylation is 1. The summed E-state index contributed by atoms with van der Waals surface area (Å²) in [4.78, 5) is 1.52. The van der Waals surface area contributed by atoms with Gasteiger partial charge in [-0.3, -0.25) is 0 Å². The fourth-order valence-electron chi connectivity index (χ4n) is 2.92. The molecule has 4 heteroatoms. The van der Waals surface area contributed by atoms with Crippen LogP contribution in [0.15, 0.2) is 69.4 Å². The van der Waals surface area contributed by atoms with Crippen LogP contribution >= 0.6 is 15.9 Å². The van der Waals surface area contributed by atoms with E-state index in [1.54, 1.807) is 0 Å². The normalized spacial score (nSPS) is 14.6. The summed E-state index contributed by atoms with van der Waals surface area (Å²) >= 11 is 3.40. The van der Waals surface area contributed by atoms with Gasteiger partial charge < -0.3 is 5.11 Å². The number of hydrogen-bond acceptors (Lipinski definition) is 2. The summed E-state index contributed by atoms with van der Waals surface area (Å²) < 4.78 is 13.7. The van der Waals surface area contributed by atoms with Gasteiger partial charge in [-0.05, 0) is 37.1 Å². The third-order valence-electron chi connectivity index (χ3n) is 4.59. The topological polar surface area (TPSA) is 37.3 Å². The third kappa shape index (κ3) is 5.38. The van der Waals surface area contributed by atoms with Crippen molar-refractivity contribution in [2.45, 2.75) is 61.3 Å². The van der Waals surface area contributed by atoms with Gasteiger partial charge in [0, 0.05) is 20.7 Å². The summed E-state index contributed by atoms with van der Waals surface area (Å²) in [5, 5.41) is 11.1. The SMILES string of the molecule is C=C(Br)[C@@](O)(CCCCC)Cc1ccccc1S(=O)c1ccc(C)cc1. The van der Waals surface area contributed by atoms with Crippen molar-refractivity contribution in [2.24, 2.45) is 0 Å². The summed E-state index contributed by atoms with van der Waals surface area (Å²) in [6, 6.07) is 15.4. The first-order chi connectivity index (χ1) is 12.4. The number of hydrogen-bond donors (Lipinski definition) is 1. The highest BCUT2D eigenvalue weighted by Gasteiger charge is 2.30. The van der Waals surface area contributed by atoms with Gasteiger partial charge in [0.1, 0.15) is 0 Å². The van der Waals surface area contributed by atoms with Crippen molar-refractivity contribution in [3.05, 3.63) is 70.7 Å². The highest BCUT2D eigenvalue weighted by molar-refractivity contribution is 9.11. The molecule has 2 aromatic carbocycles. The molecule has 0 saturated carbocycles. The fraction of sp³-hybridized carbons (Fsp3) is 0.364. The smallest absolute Gasteiger partial charge is 0.0995 e. The molecule has 0 radical (unpaired) electrons. The molecule has 0 heterocycles. The first-order valence-corrected chi connectivity index (χ1v) is 11.0. The standard InChI is InChI=1S/C22H27BrO2S/c1-4-5-8-15-22(24,18(3)23)16-19-9-6-7-10-21(19)26(25)20-13-11-17(2)12-14-20/h6-7,9-14,24H,3-5,8,15-16H2,1-2H3/t22-,26?/m1/s1. The van der Waals surface area contributed by atoms with Crippen LogP contribution in [0.5, 0.6) is 0 Å². The zero-order valence-corrected chi connectivity index (χ0v) is 17.9. The Labute approximate surface area is 167 Å². The van der Waals surface area contributed by atoms with Crippen molar-refractivity contribution in [3.63, 3.8) is 0 Å². The van der Waals surface area contributed by atoms with E-state index in [1.807, 2.05) is 55.5 Å². The lowest BCUT2D eigenvalue weighted by molar-refractivity contribution is 0.0755. The quantitative estimate of drug-likeness (QED) is 0.496. The largest absolute Gasteiger partial charge is 0.384 e. The summed E-state index contributed by atoms with van der Waals surface area (Å²) in [5.41, 5.74) is 0.994. The molecule has 2 aromatic rings. The molecule has 0 aromatic heterocycles. The Morgan fingerprint density at radius 3 is 2.42 bits per heavy atom. The molecule has 0 bridgehead atoms. The monoisotopic (exact) mass is 434 g/mol. The second kappa shape index (κ2) is 9.63. The minimum Gasteiger partial charge on any atom is -0.384 e. The Hall–Kier alpha value is -1.23. The van der Waals surface area contributed by atoms with Crippen molar-refractivity contribution in [1.82, 2.24) is 0 Å². The van der Waals surface area contributed by atoms with Gasteiger partial charge in [-0.1, -0.05) is 84.6 Å². The lowest BCUT2D eigenvalue weighted by Crippen LogP contribution is -2.32. The molecule has 0 aliphatic rings. The van der Waals surface area contributed by atoms with E-state index < -0.39 is 16.4 Å². The van der Waals surface area contributed by atoms with Gasteiger partial charge in [-0.2, -0.15) is 0 Å². The highest BCUT2D eigenvalue weighted by atomic mass is 79.9. The summed E-state index contributed by atoms with van der Waals surface area (Å²) in [7, 11) is -1.28. The van der Waals surface area contributed by atoms with Crippen molar-refractivity contribution < 1.29 is 9.32 Å². The van der Waals surface area contributed by atoms with Gasteiger partial charge >= 0.3 is 0 Å². The first-order valence-electron chi connectivity index (χ1n) is 9.01. The Morgan fingerprint density at radius 2 is 1.81 bits per heavy atom. The maximum atomic E-state index is 13.1. The molecular weight excluding hydrogens is 408 g/mol. The number of halogens is 1. The van der Waals surface area contributed by atoms with E-state index in [0.29, 0.717) is 17.3 Å². The van der Waals surface area contributed by atoms with Crippen LogP contribution in [0.25, 0.3) is 0 Å². The van der Waals surface area contributed by atoms with Crippen molar-refractivity contribution in [1.29, 1.82) is 0 Å². The first kappa shape index (κ1) is 21.1. The maximum absolute atomic E-state index is 13.1. The molecule has 2 nitrogen and oxygen atoms in total. The molecule has 0 aliphatic carbocycles. The molecule has 0 fully saturated rings. The van der Waals surface area contributed by atoms with Crippen LogP contribution in [-0.4, -0.2) is 14.9 Å². The lowest BCUT2D eigenvalue weighted by atomic mass is 9.89. The second-order valence-corrected chi connectivity index (χ2v) is 9.17. The molecule has 0 saturated heterocycles. The third-order valence-corrected chi connectivity index (χ3v) is 6.83. The van der Waals surface area contributed by atoms with Crippen LogP contribution in [0.2, 0.25) is 0 Å². The van der Waals surface area contributed by atoms with Crippen LogP contribution in [0.4, 0.5) is 0 Å². The molecule has 1 unspecified atom stereocenters. The Kier molecular flexibility index (Phi) is 7.81. The molecule has 2 atom stereocenters. The predicted octanol–water partition coefficient (Wildman–Crippen LogP) is 5.92. The van der Waals surface area contributed by atoms with Crippen molar-refractivity contribution in [3.8, 4) is 0 Å². The van der Waals surface area contributed by atoms with Crippen LogP contribution in [0.1, 0.15) is 43.7 Å². The van der Waals surface area contributed by atoms with E-state index in [1.165, 1.54) is 0 Å². The number of aliphatic hydroxyl groups is 1. The molecule has 26 heavy (non-hydrogen) atoms. The predicted molar refractivity (Wildman–Crippen MR) is 113 cm³/mol. The minimum atomic E-state index is -1.28. The van der Waals surface area contributed by atoms with Crippen LogP contribution < -0.4 is 0 Å². The van der Waals surface area contributed by atoms with Gasteiger partial charge in [0.25, 0.3) is 0 Å². The Bertz CT molecular complexity index is 770. The van der Waals surface area contributed by atoms with E-state index in [-0.39, 0.29) is 0 Å². The molecule has 0 spiro atoms. The number of rotatable bonds is 9. The van der Waals surface area contributed by atoms with Gasteiger partial charge in [-0.25, -0.2) is 4.21 Å². The molecule has 1 N–H and O–H groups in total. The number of unbranched alkanes of at least 4 members (excludes halogenated alkanes) is 2. The van der Waals surface area contributed by atoms with Crippen molar-refractivity contribution in [2.75, 3.05) is 0 Å². The maximum Gasteiger partial charge on any atom is 0.0995 e. The second-order valence-electron chi connectivity index (χ2n) is 6.76. The van der Waals surface area contributed by atoms with Crippen LogP contribution in [0, 0.1) is 6.92 Å². The summed E-state index contributed by atoms with van der Waals surface area (Å²) in [6.45, 7) is 8.09. The zero-order chi connectivity index (χ0) is 19.2. The van der Waals surface area contributed by atoms with E-state index in [0.717, 1.165) is 40.2 Å². The van der Waals surface area contributed by atoms with E-state index in [9.17, 15) is 9.32 Å². The van der Waals surface area contributed by atoms with Crippen molar-refractivity contribution >= 4 is 26.7 Å². The van der Waals surface area contributed by atoms with Gasteiger partial charge in [-0.15, -0.1) is 0 Å². The molecule has 0 aliphatic heterocycles. The van der Waals surface area contributed by atoms with E-state index in [2.05, 4.69) is 29.4 Å². The minimum absolute atomic E-state index is 0.397. The summed E-state index contributed by atoms with van der Waals surface area (Å²) in [6.07, 6.45) is 4.13. The van der Waals surface area contributed by atoms with Gasteiger partial charge in [0.2, 0.25) is 0 Å². The average molecular weight is 435 g/mol. The molecule has 2 rings (SSSR count). The average Bonchev–Trinajstić information content (AvgIpc) is 2.62. The van der Waals surface area contributed by atoms with Gasteiger partial charge in [0.15, 0.2) is 0 Å². The Morgan fingerprint density at radius 1 is 1.15 bits per heavy atom. The van der Waals surface area contributed by atoms with Crippen LogP contribution in [0.3, 0.4) is 0 Å². The van der Waals surface area contributed by atoms with Crippen LogP contribution in [-0.2, 0) is 17.2 Å². The fourth-order valence-corrected chi connectivity index (χ4v) is 4.48. The molecular formula is C22H27BrO2S. The lowest BCUT2D eigenvalue weighted by Gasteiger charge is -2.28.